The number of hydrogen-bond donors (Lipinski definition) is 10. The number of alkyl halides is 6. The number of pyridine rings is 2. The number of H-pyrrole nitrogens is 2. The Labute approximate surface area is 525 Å². The number of halogens is 6. The number of aromatic nitrogens is 16. The van der Waals surface area contributed by atoms with Crippen molar-refractivity contribution < 1.29 is 101 Å². The van der Waals surface area contributed by atoms with Gasteiger partial charge in [-0.05, 0) is 59.4 Å². The van der Waals surface area contributed by atoms with Crippen LogP contribution in [0.15, 0.2) is 46.8 Å². The second kappa shape index (κ2) is 23.7. The Kier molecular flexibility index (Phi) is 16.8. The molecular formula is C40H42F6N20O18P4S4. The van der Waals surface area contributed by atoms with E-state index in [1.165, 1.54) is 24.5 Å². The molecule has 52 heteroatoms. The summed E-state index contributed by atoms with van der Waals surface area (Å²) in [4.78, 5) is 96.7. The highest BCUT2D eigenvalue weighted by Crippen LogP contribution is 2.59. The van der Waals surface area contributed by atoms with Crippen molar-refractivity contribution in [3.8, 4) is 0 Å². The van der Waals surface area contributed by atoms with Crippen molar-refractivity contribution in [3.05, 3.63) is 57.9 Å². The van der Waals surface area contributed by atoms with E-state index < -0.39 is 162 Å². The SMILES string of the molecule is Nc1nc2c(ncn2[C@@H]2O[C@@H]3COP(O)(=S)O[C@@H]4[C@@H](COP(O)(=S)O[C@@H]2[C@@H]3F)O[C@@H](n2nnc3c(N)ccnc32)C4(F)F)c(=O)[nH]1.Nc1nc2c(ncn2[C@@H]2O[C@@H]3COP(O)(=S)O[C@@H]4[C@@H](COP(O)(=S)O[C@@H]2[C@@H]3F)O[C@@H](n2nnc3c(N)ccnc32)C4(F)F)c(=O)[nH]1. The second-order valence-electron chi connectivity index (χ2n) is 20.4. The molecular weight excluding hydrogens is 1410 g/mol. The van der Waals surface area contributed by atoms with Crippen LogP contribution >= 0.6 is 26.9 Å². The van der Waals surface area contributed by atoms with Gasteiger partial charge in [-0.25, -0.2) is 28.7 Å². The quantitative estimate of drug-likeness (QED) is 0.0836. The zero-order valence-corrected chi connectivity index (χ0v) is 52.0. The van der Waals surface area contributed by atoms with Gasteiger partial charge in [0.05, 0.1) is 50.5 Å². The van der Waals surface area contributed by atoms with Crippen molar-refractivity contribution in [1.29, 1.82) is 0 Å². The number of nitrogens with zero attached hydrogens (tertiary/aromatic N) is 14. The third-order valence-electron chi connectivity index (χ3n) is 14.5. The summed E-state index contributed by atoms with van der Waals surface area (Å²) >= 11 is 20.2. The zero-order chi connectivity index (χ0) is 65.5. The van der Waals surface area contributed by atoms with Crippen molar-refractivity contribution in [1.82, 2.24) is 79.0 Å². The van der Waals surface area contributed by atoms with Crippen molar-refractivity contribution in [2.24, 2.45) is 0 Å². The maximum atomic E-state index is 16.0. The minimum atomic E-state index is -4.61. The lowest BCUT2D eigenvalue weighted by molar-refractivity contribution is -0.140. The first-order chi connectivity index (χ1) is 43.3. The molecule has 0 saturated carbocycles. The molecule has 0 radical (unpaired) electrons. The summed E-state index contributed by atoms with van der Waals surface area (Å²) in [6.45, 7) is -21.8. The van der Waals surface area contributed by atoms with Crippen LogP contribution in [0.4, 0.5) is 49.6 Å². The molecule has 8 aromatic heterocycles. The van der Waals surface area contributed by atoms with Gasteiger partial charge in [0.25, 0.3) is 11.1 Å². The van der Waals surface area contributed by atoms with Gasteiger partial charge in [0.2, 0.25) is 24.4 Å². The molecule has 6 saturated heterocycles. The van der Waals surface area contributed by atoms with Crippen LogP contribution in [0.2, 0.25) is 0 Å². The molecule has 4 unspecified atom stereocenters. The van der Waals surface area contributed by atoms with E-state index in [4.69, 9.17) is 125 Å². The van der Waals surface area contributed by atoms with E-state index in [2.05, 4.69) is 60.5 Å². The molecule has 0 aromatic carbocycles. The normalized spacial score (nSPS) is 36.7. The summed E-state index contributed by atoms with van der Waals surface area (Å²) in [6.07, 6.45) is -22.2. The van der Waals surface area contributed by atoms with Crippen LogP contribution in [-0.2, 0) is 102 Å². The Morgan fingerprint density at radius 2 is 0.880 bits per heavy atom. The average Bonchev–Trinajstić information content (AvgIpc) is 1.62. The Morgan fingerprint density at radius 1 is 0.522 bits per heavy atom. The first-order valence-electron chi connectivity index (χ1n) is 25.9. The summed E-state index contributed by atoms with van der Waals surface area (Å²) < 4.78 is 165. The van der Waals surface area contributed by atoms with Crippen LogP contribution in [0.3, 0.4) is 0 Å². The topological polar surface area (TPSA) is 510 Å². The van der Waals surface area contributed by atoms with Gasteiger partial charge in [0.15, 0.2) is 81.7 Å². The van der Waals surface area contributed by atoms with Crippen LogP contribution in [0.5, 0.6) is 0 Å². The monoisotopic (exact) mass is 1460 g/mol. The first-order valence-corrected chi connectivity index (χ1v) is 36.3. The molecule has 4 bridgehead atoms. The van der Waals surface area contributed by atoms with Crippen LogP contribution in [0.1, 0.15) is 24.9 Å². The molecule has 18 atom stereocenters. The highest BCUT2D eigenvalue weighted by Gasteiger charge is 2.66. The van der Waals surface area contributed by atoms with E-state index in [1.807, 2.05) is 0 Å². The molecule has 38 nitrogen and oxygen atoms in total. The van der Waals surface area contributed by atoms with Crippen LogP contribution in [0, 0.1) is 0 Å². The lowest BCUT2D eigenvalue weighted by Gasteiger charge is -2.28. The summed E-state index contributed by atoms with van der Waals surface area (Å²) in [6, 6.07) is 2.78. The molecule has 8 aromatic rings. The number of rotatable bonds is 4. The predicted octanol–water partition coefficient (Wildman–Crippen LogP) is 0.286. The van der Waals surface area contributed by atoms with Crippen LogP contribution in [0.25, 0.3) is 44.7 Å². The van der Waals surface area contributed by atoms with E-state index in [0.29, 0.717) is 9.36 Å². The smallest absolute Gasteiger partial charge is 0.325 e. The molecule has 0 spiro atoms. The molecule has 14 heterocycles. The standard InChI is InChI=1S/2C20H21F3N10O9P2S2/c2*21-9-7-3-37-44(36,46)42-13-8(40-18(20(13,22)23)33-14-10(30-31-33)6(24)1-2-26-14)4-38-43(35,45)41-12(9)17(39-7)32-5-27-11-15(32)28-19(25)29-16(11)34/h2*1-2,5,7-9,12-13,17-18H,3-4H2,(H2,24,26)(H,35,45)(H,36,46)(H3,25,28,29,34)/t2*7-,8-,9-,12-,13-,17-,18-,43?,44?/m11/s1. The molecule has 0 amide bonds. The van der Waals surface area contributed by atoms with E-state index in [-0.39, 0.29) is 67.9 Å². The summed E-state index contributed by atoms with van der Waals surface area (Å²) in [5.41, 5.74) is 20.9. The molecule has 6 fully saturated rings. The molecule has 14 rings (SSSR count). The molecule has 14 N–H and O–H groups in total. The van der Waals surface area contributed by atoms with Gasteiger partial charge in [0.1, 0.15) is 36.6 Å². The first kappa shape index (κ1) is 65.2. The van der Waals surface area contributed by atoms with Crippen molar-refractivity contribution in [2.45, 2.75) is 97.9 Å². The minimum absolute atomic E-state index is 0.00930. The van der Waals surface area contributed by atoms with Gasteiger partial charge in [-0.3, -0.25) is 46.8 Å². The lowest BCUT2D eigenvalue weighted by Crippen LogP contribution is -2.41. The summed E-state index contributed by atoms with van der Waals surface area (Å²) in [5, 5.41) is 15.0. The summed E-state index contributed by atoms with van der Waals surface area (Å²) in [5.74, 6) is -8.62. The number of hydrogen-bond acceptors (Lipinski definition) is 32. The highest BCUT2D eigenvalue weighted by atomic mass is 32.5. The van der Waals surface area contributed by atoms with Gasteiger partial charge in [0, 0.05) is 12.4 Å². The number of aromatic amines is 2. The van der Waals surface area contributed by atoms with Gasteiger partial charge in [-0.1, -0.05) is 10.4 Å². The van der Waals surface area contributed by atoms with E-state index in [1.54, 1.807) is 0 Å². The van der Waals surface area contributed by atoms with Gasteiger partial charge in [-0.2, -0.15) is 36.9 Å². The van der Waals surface area contributed by atoms with Crippen molar-refractivity contribution >= 4 is 142 Å². The number of fused-ring (bicyclic) bond motifs is 10. The van der Waals surface area contributed by atoms with E-state index in [0.717, 1.165) is 21.8 Å². The Morgan fingerprint density at radius 3 is 1.26 bits per heavy atom. The third-order valence-corrected chi connectivity index (χ3v) is 20.7. The fourth-order valence-electron chi connectivity index (χ4n) is 10.4. The maximum absolute atomic E-state index is 16.0. The van der Waals surface area contributed by atoms with Gasteiger partial charge in [-0.15, -0.1) is 10.2 Å². The average molecular weight is 1460 g/mol. The number of imidazole rings is 2. The Bertz CT molecular complexity index is 4290. The highest BCUT2D eigenvalue weighted by molar-refractivity contribution is 8.08. The molecule has 496 valence electrons. The zero-order valence-electron chi connectivity index (χ0n) is 45.1. The largest absolute Gasteiger partial charge is 0.397 e. The lowest BCUT2D eigenvalue weighted by atomic mass is 10.1. The van der Waals surface area contributed by atoms with Crippen LogP contribution < -0.4 is 34.1 Å². The number of nitrogen functional groups attached to an aromatic ring is 4. The van der Waals surface area contributed by atoms with Crippen LogP contribution in [-0.4, -0.2) is 198 Å². The van der Waals surface area contributed by atoms with Crippen molar-refractivity contribution in [2.75, 3.05) is 49.4 Å². The van der Waals surface area contributed by atoms with E-state index >= 15 is 26.3 Å². The maximum Gasteiger partial charge on any atom is 0.325 e. The van der Waals surface area contributed by atoms with Gasteiger partial charge >= 0.3 is 38.7 Å². The molecule has 0 aliphatic carbocycles. The summed E-state index contributed by atoms with van der Waals surface area (Å²) in [7, 11) is 0. The number of nitrogens with one attached hydrogen (secondary N) is 2. The number of anilines is 4. The molecule has 6 aliphatic heterocycles. The number of ether oxygens (including phenoxy) is 4. The molecule has 92 heavy (non-hydrogen) atoms. The second-order valence-corrected chi connectivity index (χ2v) is 31.6. The Hall–Kier alpha value is -5.46. The Balaban J connectivity index is 0.000000168. The third kappa shape index (κ3) is 11.9. The van der Waals surface area contributed by atoms with Crippen molar-refractivity contribution in [3.63, 3.8) is 0 Å². The predicted molar refractivity (Wildman–Crippen MR) is 309 cm³/mol. The fraction of sp³-hybridized carbons (Fsp3) is 0.500. The van der Waals surface area contributed by atoms with E-state index in [9.17, 15) is 29.2 Å². The van der Waals surface area contributed by atoms with Gasteiger partial charge < -0.3 is 79.6 Å². The fourth-order valence-corrected chi connectivity index (χ4v) is 16.1. The number of nitrogens with two attached hydrogens (primary N) is 4. The molecule has 6 aliphatic rings. The minimum Gasteiger partial charge on any atom is -0.397 e.